The van der Waals surface area contributed by atoms with E-state index < -0.39 is 43.0 Å². The molecule has 0 heterocycles. The molecule has 0 spiro atoms. The van der Waals surface area contributed by atoms with Crippen LogP contribution in [-0.2, 0) is 4.79 Å². The van der Waals surface area contributed by atoms with Crippen LogP contribution in [0.25, 0.3) is 0 Å². The summed E-state index contributed by atoms with van der Waals surface area (Å²) in [5.41, 5.74) is 3.67. The fourth-order valence-electron chi connectivity index (χ4n) is 1.22. The average molecular weight is 271 g/mol. The minimum atomic E-state index is -4.59. The van der Waals surface area contributed by atoms with Crippen LogP contribution in [0.2, 0.25) is 0 Å². The SMILES string of the molecule is CC(C)(C(=O)N(CCO)CC(F)(F)F)C(N)=NO. The molecule has 4 N–H and O–H groups in total. The Bertz CT molecular complexity index is 329. The number of carbonyl (C=O) groups is 1. The molecular formula is C9H16F3N3O3. The average Bonchev–Trinajstić information content (AvgIpc) is 2.24. The largest absolute Gasteiger partial charge is 0.409 e. The second-order valence-electron chi connectivity index (χ2n) is 4.18. The number of hydrogen-bond acceptors (Lipinski definition) is 4. The van der Waals surface area contributed by atoms with E-state index in [-0.39, 0.29) is 0 Å². The van der Waals surface area contributed by atoms with E-state index in [1.807, 2.05) is 0 Å². The molecule has 0 aromatic rings. The molecule has 0 aliphatic heterocycles. The van der Waals surface area contributed by atoms with Crippen LogP contribution in [-0.4, -0.2) is 52.8 Å². The van der Waals surface area contributed by atoms with E-state index in [9.17, 15) is 18.0 Å². The molecule has 0 aliphatic carbocycles. The number of amides is 1. The summed E-state index contributed by atoms with van der Waals surface area (Å²) in [5.74, 6) is -1.48. The summed E-state index contributed by atoms with van der Waals surface area (Å²) in [6.45, 7) is -0.153. The first-order valence-corrected chi connectivity index (χ1v) is 5.01. The lowest BCUT2D eigenvalue weighted by Gasteiger charge is -2.31. The highest BCUT2D eigenvalue weighted by atomic mass is 19.4. The first kappa shape index (κ1) is 16.5. The Balaban J connectivity index is 5.09. The molecule has 106 valence electrons. The maximum atomic E-state index is 12.3. The van der Waals surface area contributed by atoms with Gasteiger partial charge in [0.25, 0.3) is 0 Å². The van der Waals surface area contributed by atoms with Gasteiger partial charge in [-0.1, -0.05) is 5.16 Å². The standard InChI is InChI=1S/C9H16F3N3O3/c1-8(2,6(13)14-18)7(17)15(3-4-16)5-9(10,11)12/h16,18H,3-5H2,1-2H3,(H2,13,14). The third-order valence-electron chi connectivity index (χ3n) is 2.31. The van der Waals surface area contributed by atoms with Gasteiger partial charge in [-0.3, -0.25) is 4.79 Å². The molecule has 0 unspecified atom stereocenters. The van der Waals surface area contributed by atoms with Crippen LogP contribution < -0.4 is 5.73 Å². The van der Waals surface area contributed by atoms with Gasteiger partial charge in [-0.2, -0.15) is 13.2 Å². The molecule has 0 saturated carbocycles. The Morgan fingerprint density at radius 2 is 1.89 bits per heavy atom. The van der Waals surface area contributed by atoms with Crippen LogP contribution in [0.3, 0.4) is 0 Å². The second kappa shape index (κ2) is 5.89. The number of nitrogens with zero attached hydrogens (tertiary/aromatic N) is 2. The lowest BCUT2D eigenvalue weighted by Crippen LogP contribution is -2.51. The van der Waals surface area contributed by atoms with Crippen molar-refractivity contribution in [2.75, 3.05) is 19.7 Å². The van der Waals surface area contributed by atoms with E-state index >= 15 is 0 Å². The quantitative estimate of drug-likeness (QED) is 0.287. The number of amidine groups is 1. The number of hydrogen-bond donors (Lipinski definition) is 3. The van der Waals surface area contributed by atoms with Crippen molar-refractivity contribution in [3.63, 3.8) is 0 Å². The normalized spacial score (nSPS) is 13.6. The Morgan fingerprint density at radius 1 is 1.39 bits per heavy atom. The van der Waals surface area contributed by atoms with E-state index in [1.54, 1.807) is 0 Å². The van der Waals surface area contributed by atoms with Crippen LogP contribution in [0.1, 0.15) is 13.8 Å². The van der Waals surface area contributed by atoms with Gasteiger partial charge in [-0.05, 0) is 13.8 Å². The maximum Gasteiger partial charge on any atom is 0.406 e. The Labute approximate surface area is 102 Å². The lowest BCUT2D eigenvalue weighted by molar-refractivity contribution is -0.165. The molecule has 0 atom stereocenters. The van der Waals surface area contributed by atoms with Gasteiger partial charge < -0.3 is 20.9 Å². The van der Waals surface area contributed by atoms with Crippen molar-refractivity contribution in [3.05, 3.63) is 0 Å². The molecule has 0 rings (SSSR count). The predicted molar refractivity (Wildman–Crippen MR) is 56.9 cm³/mol. The van der Waals surface area contributed by atoms with Gasteiger partial charge in [-0.15, -0.1) is 0 Å². The second-order valence-corrected chi connectivity index (χ2v) is 4.18. The summed E-state index contributed by atoms with van der Waals surface area (Å²) in [6.07, 6.45) is -4.59. The first-order chi connectivity index (χ1) is 8.06. The monoisotopic (exact) mass is 271 g/mol. The highest BCUT2D eigenvalue weighted by Gasteiger charge is 2.40. The first-order valence-electron chi connectivity index (χ1n) is 5.01. The topological polar surface area (TPSA) is 99.2 Å². The smallest absolute Gasteiger partial charge is 0.406 e. The molecular weight excluding hydrogens is 255 g/mol. The molecule has 0 fully saturated rings. The molecule has 0 bridgehead atoms. The number of aliphatic hydroxyl groups is 1. The van der Waals surface area contributed by atoms with E-state index in [1.165, 1.54) is 13.8 Å². The molecule has 0 aromatic carbocycles. The van der Waals surface area contributed by atoms with Gasteiger partial charge in [0.1, 0.15) is 12.0 Å². The van der Waals surface area contributed by atoms with Crippen LogP contribution in [0.4, 0.5) is 13.2 Å². The lowest BCUT2D eigenvalue weighted by atomic mass is 9.90. The summed E-state index contributed by atoms with van der Waals surface area (Å²) in [4.78, 5) is 12.3. The van der Waals surface area contributed by atoms with Crippen LogP contribution in [0.15, 0.2) is 5.16 Å². The minimum absolute atomic E-state index is 0.415. The summed E-state index contributed by atoms with van der Waals surface area (Å²) in [7, 11) is 0. The number of nitrogens with two attached hydrogens (primary N) is 1. The van der Waals surface area contributed by atoms with Crippen molar-refractivity contribution in [1.29, 1.82) is 0 Å². The van der Waals surface area contributed by atoms with Crippen LogP contribution >= 0.6 is 0 Å². The summed E-state index contributed by atoms with van der Waals surface area (Å²) in [6, 6.07) is 0. The third-order valence-corrected chi connectivity index (χ3v) is 2.31. The van der Waals surface area contributed by atoms with E-state index in [4.69, 9.17) is 16.0 Å². The molecule has 0 saturated heterocycles. The van der Waals surface area contributed by atoms with Gasteiger partial charge in [-0.25, -0.2) is 0 Å². The maximum absolute atomic E-state index is 12.3. The van der Waals surface area contributed by atoms with Crippen molar-refractivity contribution < 1.29 is 28.3 Å². The predicted octanol–water partition coefficient (Wildman–Crippen LogP) is 0.142. The van der Waals surface area contributed by atoms with Crippen molar-refractivity contribution >= 4 is 11.7 Å². The molecule has 0 aliphatic rings. The van der Waals surface area contributed by atoms with E-state index in [2.05, 4.69) is 5.16 Å². The zero-order chi connectivity index (χ0) is 14.6. The van der Waals surface area contributed by atoms with Crippen molar-refractivity contribution in [2.45, 2.75) is 20.0 Å². The van der Waals surface area contributed by atoms with Crippen molar-refractivity contribution in [2.24, 2.45) is 16.3 Å². The van der Waals surface area contributed by atoms with Crippen molar-refractivity contribution in [1.82, 2.24) is 4.90 Å². The van der Waals surface area contributed by atoms with Gasteiger partial charge in [0.15, 0.2) is 5.84 Å². The molecule has 0 radical (unpaired) electrons. The van der Waals surface area contributed by atoms with E-state index in [0.717, 1.165) is 0 Å². The third kappa shape index (κ3) is 4.40. The van der Waals surface area contributed by atoms with Crippen LogP contribution in [0, 0.1) is 5.41 Å². The number of alkyl halides is 3. The zero-order valence-corrected chi connectivity index (χ0v) is 10.0. The minimum Gasteiger partial charge on any atom is -0.409 e. The Kier molecular flexibility index (Phi) is 5.40. The fourth-order valence-corrected chi connectivity index (χ4v) is 1.22. The Hall–Kier alpha value is -1.51. The van der Waals surface area contributed by atoms with Crippen LogP contribution in [0.5, 0.6) is 0 Å². The van der Waals surface area contributed by atoms with Gasteiger partial charge in [0.05, 0.1) is 6.61 Å². The molecule has 6 nitrogen and oxygen atoms in total. The summed E-state index contributed by atoms with van der Waals surface area (Å²) >= 11 is 0. The Morgan fingerprint density at radius 3 is 2.22 bits per heavy atom. The van der Waals surface area contributed by atoms with Crippen molar-refractivity contribution in [3.8, 4) is 0 Å². The number of halogens is 3. The number of oxime groups is 1. The summed E-state index contributed by atoms with van der Waals surface area (Å²) in [5, 5.41) is 19.8. The molecule has 9 heteroatoms. The van der Waals surface area contributed by atoms with Gasteiger partial charge in [0, 0.05) is 6.54 Å². The highest BCUT2D eigenvalue weighted by Crippen LogP contribution is 2.23. The molecule has 18 heavy (non-hydrogen) atoms. The fraction of sp³-hybridized carbons (Fsp3) is 0.778. The summed E-state index contributed by atoms with van der Waals surface area (Å²) < 4.78 is 36.8. The number of carbonyl (C=O) groups excluding carboxylic acids is 1. The zero-order valence-electron chi connectivity index (χ0n) is 10.0. The van der Waals surface area contributed by atoms with Gasteiger partial charge >= 0.3 is 6.18 Å². The molecule has 1 amide bonds. The number of rotatable bonds is 5. The van der Waals surface area contributed by atoms with Gasteiger partial charge in [0.2, 0.25) is 5.91 Å². The van der Waals surface area contributed by atoms with E-state index in [0.29, 0.717) is 4.90 Å². The number of aliphatic hydroxyl groups excluding tert-OH is 1. The highest BCUT2D eigenvalue weighted by molar-refractivity contribution is 6.05. The molecule has 0 aromatic heterocycles.